The number of rotatable bonds is 7. The Morgan fingerprint density at radius 2 is 1.84 bits per heavy atom. The molecule has 0 aromatic heterocycles. The number of benzene rings is 1. The zero-order valence-corrected chi connectivity index (χ0v) is 19.2. The first-order valence-electron chi connectivity index (χ1n) is 10.1. The first-order valence-corrected chi connectivity index (χ1v) is 12.6. The zero-order chi connectivity index (χ0) is 22.4. The number of amidine groups is 1. The second kappa shape index (κ2) is 10.4. The predicted octanol–water partition coefficient (Wildman–Crippen LogP) is 2.08. The fourth-order valence-electron chi connectivity index (χ4n) is 3.26. The summed E-state index contributed by atoms with van der Waals surface area (Å²) in [6.07, 6.45) is 2.83. The number of thioether (sulfide) groups is 1. The summed E-state index contributed by atoms with van der Waals surface area (Å²) in [6, 6.07) is 6.54. The summed E-state index contributed by atoms with van der Waals surface area (Å²) < 4.78 is 32.0. The number of esters is 1. The molecule has 31 heavy (non-hydrogen) atoms. The molecule has 0 N–H and O–H groups in total. The van der Waals surface area contributed by atoms with E-state index in [-0.39, 0.29) is 29.7 Å². The van der Waals surface area contributed by atoms with Crippen molar-refractivity contribution in [2.75, 3.05) is 32.0 Å². The van der Waals surface area contributed by atoms with Gasteiger partial charge in [0.05, 0.1) is 23.0 Å². The van der Waals surface area contributed by atoms with Gasteiger partial charge < -0.3 is 4.74 Å². The number of piperidine rings is 1. The minimum Gasteiger partial charge on any atom is -0.465 e. The molecule has 0 radical (unpaired) electrons. The third kappa shape index (κ3) is 5.72. The van der Waals surface area contributed by atoms with E-state index in [2.05, 4.69) is 10.2 Å². The molecule has 1 amide bonds. The summed E-state index contributed by atoms with van der Waals surface area (Å²) in [5, 5.41) is 8.64. The van der Waals surface area contributed by atoms with Crippen molar-refractivity contribution in [3.8, 4) is 0 Å². The maximum absolute atomic E-state index is 12.8. The Morgan fingerprint density at radius 1 is 1.16 bits per heavy atom. The monoisotopic (exact) mass is 466 g/mol. The van der Waals surface area contributed by atoms with Gasteiger partial charge in [0.25, 0.3) is 0 Å². The summed E-state index contributed by atoms with van der Waals surface area (Å²) in [5.41, 5.74) is 1.28. The van der Waals surface area contributed by atoms with Gasteiger partial charge in [-0.1, -0.05) is 30.3 Å². The van der Waals surface area contributed by atoms with Gasteiger partial charge in [0.2, 0.25) is 15.9 Å². The first kappa shape index (κ1) is 23.4. The summed E-state index contributed by atoms with van der Waals surface area (Å²) in [6.45, 7) is 4.60. The molecule has 1 aromatic carbocycles. The zero-order valence-electron chi connectivity index (χ0n) is 17.6. The normalized spacial score (nSPS) is 19.8. The number of amides is 1. The smallest absolute Gasteiger partial charge is 0.326 e. The Kier molecular flexibility index (Phi) is 7.84. The molecule has 3 rings (SSSR count). The molecule has 0 bridgehead atoms. The van der Waals surface area contributed by atoms with E-state index < -0.39 is 16.0 Å². The van der Waals surface area contributed by atoms with Crippen molar-refractivity contribution in [1.29, 1.82) is 0 Å². The number of sulfonamides is 1. The lowest BCUT2D eigenvalue weighted by Gasteiger charge is -2.25. The van der Waals surface area contributed by atoms with E-state index in [1.807, 2.05) is 0 Å². The van der Waals surface area contributed by atoms with Gasteiger partial charge in [-0.25, -0.2) is 8.42 Å². The average molecular weight is 467 g/mol. The molecule has 168 valence electrons. The van der Waals surface area contributed by atoms with Crippen molar-refractivity contribution in [2.24, 2.45) is 10.2 Å². The molecule has 2 heterocycles. The summed E-state index contributed by atoms with van der Waals surface area (Å²) in [4.78, 5) is 25.2. The number of ether oxygens (including phenoxy) is 1. The molecular formula is C20H26N4O5S2. The predicted molar refractivity (Wildman–Crippen MR) is 120 cm³/mol. The maximum atomic E-state index is 12.8. The van der Waals surface area contributed by atoms with E-state index in [0.717, 1.165) is 19.3 Å². The van der Waals surface area contributed by atoms with Crippen molar-refractivity contribution >= 4 is 44.5 Å². The van der Waals surface area contributed by atoms with Crippen LogP contribution >= 0.6 is 11.8 Å². The topological polar surface area (TPSA) is 109 Å². The van der Waals surface area contributed by atoms with Gasteiger partial charge in [0, 0.05) is 13.1 Å². The van der Waals surface area contributed by atoms with Crippen molar-refractivity contribution in [2.45, 2.75) is 38.0 Å². The summed E-state index contributed by atoms with van der Waals surface area (Å²) in [5.74, 6) is -0.537. The van der Waals surface area contributed by atoms with Crippen molar-refractivity contribution < 1.29 is 22.7 Å². The molecule has 11 heteroatoms. The summed E-state index contributed by atoms with van der Waals surface area (Å²) in [7, 11) is -3.49. The van der Waals surface area contributed by atoms with E-state index in [0.29, 0.717) is 29.5 Å². The van der Waals surface area contributed by atoms with E-state index in [4.69, 9.17) is 4.74 Å². The van der Waals surface area contributed by atoms with Crippen molar-refractivity contribution in [3.05, 3.63) is 29.8 Å². The van der Waals surface area contributed by atoms with Crippen LogP contribution in [-0.4, -0.2) is 72.4 Å². The van der Waals surface area contributed by atoms with Crippen LogP contribution in [0.25, 0.3) is 0 Å². The Hall–Kier alpha value is -2.24. The standard InChI is InChI=1S/C20H26N4O5S2/c1-3-29-19(26)13-24-18(25)14-30-20(24)22-21-15(2)16-7-9-17(10-8-16)31(27,28)23-11-5-4-6-12-23/h7-10H,3-6,11-14H2,1-2H3/b21-15+,22-20-. The van der Waals surface area contributed by atoms with Crippen LogP contribution in [0.4, 0.5) is 0 Å². The molecule has 1 aromatic rings. The van der Waals surface area contributed by atoms with Crippen LogP contribution < -0.4 is 0 Å². The molecular weight excluding hydrogens is 440 g/mol. The van der Waals surface area contributed by atoms with E-state index >= 15 is 0 Å². The van der Waals surface area contributed by atoms with Gasteiger partial charge in [-0.05, 0) is 44.4 Å². The fraction of sp³-hybridized carbons (Fsp3) is 0.500. The molecule has 0 spiro atoms. The van der Waals surface area contributed by atoms with Gasteiger partial charge in [-0.3, -0.25) is 14.5 Å². The van der Waals surface area contributed by atoms with E-state index in [1.54, 1.807) is 38.1 Å². The number of carbonyl (C=O) groups excluding carboxylic acids is 2. The average Bonchev–Trinajstić information content (AvgIpc) is 3.12. The van der Waals surface area contributed by atoms with Crippen LogP contribution in [0.2, 0.25) is 0 Å². The van der Waals surface area contributed by atoms with Gasteiger partial charge in [-0.15, -0.1) is 5.10 Å². The van der Waals surface area contributed by atoms with Gasteiger partial charge in [0.1, 0.15) is 6.54 Å². The molecule has 2 fully saturated rings. The number of hydrogen-bond acceptors (Lipinski definition) is 8. The molecule has 2 saturated heterocycles. The SMILES string of the molecule is CCOC(=O)CN1C(=O)CS/C1=N\N=C(/C)c1ccc(S(=O)(=O)N2CCCCC2)cc1. The quantitative estimate of drug-likeness (QED) is 0.346. The van der Waals surface area contributed by atoms with Gasteiger partial charge >= 0.3 is 5.97 Å². The molecule has 0 saturated carbocycles. The molecule has 9 nitrogen and oxygen atoms in total. The minimum atomic E-state index is -3.49. The highest BCUT2D eigenvalue weighted by atomic mass is 32.2. The van der Waals surface area contributed by atoms with Gasteiger partial charge in [-0.2, -0.15) is 9.41 Å². The number of carbonyl (C=O) groups is 2. The Labute approximate surface area is 186 Å². The van der Waals surface area contributed by atoms with Crippen LogP contribution in [0.5, 0.6) is 0 Å². The second-order valence-electron chi connectivity index (χ2n) is 7.13. The Balaban J connectivity index is 1.72. The van der Waals surface area contributed by atoms with Crippen LogP contribution in [0, 0.1) is 0 Å². The largest absolute Gasteiger partial charge is 0.465 e. The third-order valence-corrected chi connectivity index (χ3v) is 7.82. The summed E-state index contributed by atoms with van der Waals surface area (Å²) >= 11 is 1.20. The van der Waals surface area contributed by atoms with E-state index in [1.165, 1.54) is 21.0 Å². The van der Waals surface area contributed by atoms with Gasteiger partial charge in [0.15, 0.2) is 5.17 Å². The highest BCUT2D eigenvalue weighted by Crippen LogP contribution is 2.22. The highest BCUT2D eigenvalue weighted by molar-refractivity contribution is 8.15. The lowest BCUT2D eigenvalue weighted by molar-refractivity contribution is -0.145. The fourth-order valence-corrected chi connectivity index (χ4v) is 5.61. The lowest BCUT2D eigenvalue weighted by Crippen LogP contribution is -2.35. The van der Waals surface area contributed by atoms with Crippen molar-refractivity contribution in [3.63, 3.8) is 0 Å². The first-order chi connectivity index (χ1) is 14.8. The van der Waals surface area contributed by atoms with Crippen LogP contribution in [-0.2, 0) is 24.3 Å². The number of nitrogens with zero attached hydrogens (tertiary/aromatic N) is 4. The molecule has 0 unspecified atom stereocenters. The van der Waals surface area contributed by atoms with Crippen LogP contribution in [0.3, 0.4) is 0 Å². The van der Waals surface area contributed by atoms with Crippen molar-refractivity contribution in [1.82, 2.24) is 9.21 Å². The molecule has 0 aliphatic carbocycles. The Morgan fingerprint density at radius 3 is 2.48 bits per heavy atom. The molecule has 2 aliphatic rings. The maximum Gasteiger partial charge on any atom is 0.326 e. The van der Waals surface area contributed by atoms with Crippen LogP contribution in [0.15, 0.2) is 39.4 Å². The second-order valence-corrected chi connectivity index (χ2v) is 10.0. The lowest BCUT2D eigenvalue weighted by atomic mass is 10.1. The van der Waals surface area contributed by atoms with Crippen LogP contribution in [0.1, 0.15) is 38.7 Å². The minimum absolute atomic E-state index is 0.190. The number of hydrogen-bond donors (Lipinski definition) is 0. The molecule has 2 aliphatic heterocycles. The Bertz CT molecular complexity index is 983. The van der Waals surface area contributed by atoms with E-state index in [9.17, 15) is 18.0 Å². The molecule has 0 atom stereocenters. The highest BCUT2D eigenvalue weighted by Gasteiger charge is 2.30. The third-order valence-electron chi connectivity index (χ3n) is 4.96.